The number of hydrogen-bond acceptors (Lipinski definition) is 5. The summed E-state index contributed by atoms with van der Waals surface area (Å²) in [7, 11) is 1.38. The molecule has 0 atom stereocenters. The largest absolute Gasteiger partial charge is 0.465 e. The lowest BCUT2D eigenvalue weighted by Crippen LogP contribution is -2.37. The Morgan fingerprint density at radius 3 is 2.68 bits per heavy atom. The summed E-state index contributed by atoms with van der Waals surface area (Å²) in [6.45, 7) is 7.44. The van der Waals surface area contributed by atoms with Crippen LogP contribution in [0.5, 0.6) is 0 Å². The van der Waals surface area contributed by atoms with Crippen molar-refractivity contribution >= 4 is 18.4 Å². The molecule has 0 spiro atoms. The summed E-state index contributed by atoms with van der Waals surface area (Å²) in [5, 5.41) is 3.43. The van der Waals surface area contributed by atoms with Crippen molar-refractivity contribution < 1.29 is 9.53 Å². The Labute approximate surface area is 138 Å². The summed E-state index contributed by atoms with van der Waals surface area (Å²) in [5.41, 5.74) is 1.51. The lowest BCUT2D eigenvalue weighted by molar-refractivity contribution is 0.0600. The number of aromatic nitrogens is 1. The molecular formula is C16H26ClN3O2. The number of carbonyl (C=O) groups excluding carboxylic acids is 1. The molecule has 2 heterocycles. The van der Waals surface area contributed by atoms with Crippen molar-refractivity contribution in [3.63, 3.8) is 0 Å². The van der Waals surface area contributed by atoms with Gasteiger partial charge in [-0.15, -0.1) is 12.4 Å². The SMILES string of the molecule is CCNCC1CCN(Cc2ccc(C(=O)OC)cn2)CC1.Cl. The predicted octanol–water partition coefficient (Wildman–Crippen LogP) is 2.11. The van der Waals surface area contributed by atoms with Crippen molar-refractivity contribution in [2.24, 2.45) is 5.92 Å². The molecule has 1 aromatic rings. The second-order valence-corrected chi connectivity index (χ2v) is 5.56. The number of nitrogens with zero attached hydrogens (tertiary/aromatic N) is 2. The first-order chi connectivity index (χ1) is 10.2. The van der Waals surface area contributed by atoms with Crippen LogP contribution in [0.2, 0.25) is 0 Å². The molecule has 1 fully saturated rings. The van der Waals surface area contributed by atoms with Gasteiger partial charge in [0.2, 0.25) is 0 Å². The third kappa shape index (κ3) is 5.55. The second-order valence-electron chi connectivity index (χ2n) is 5.56. The highest BCUT2D eigenvalue weighted by Crippen LogP contribution is 2.18. The van der Waals surface area contributed by atoms with Crippen molar-refractivity contribution in [3.8, 4) is 0 Å². The van der Waals surface area contributed by atoms with Gasteiger partial charge >= 0.3 is 5.97 Å². The number of ether oxygens (including phenoxy) is 1. The predicted molar refractivity (Wildman–Crippen MR) is 89.4 cm³/mol. The quantitative estimate of drug-likeness (QED) is 0.811. The summed E-state index contributed by atoms with van der Waals surface area (Å²) in [6.07, 6.45) is 4.08. The third-order valence-electron chi connectivity index (χ3n) is 4.02. The molecule has 0 aromatic carbocycles. The summed E-state index contributed by atoms with van der Waals surface area (Å²) in [5.74, 6) is 0.467. The molecule has 124 valence electrons. The van der Waals surface area contributed by atoms with Crippen LogP contribution in [0.25, 0.3) is 0 Å². The Morgan fingerprint density at radius 2 is 2.14 bits per heavy atom. The lowest BCUT2D eigenvalue weighted by atomic mass is 9.96. The van der Waals surface area contributed by atoms with Gasteiger partial charge in [-0.2, -0.15) is 0 Å². The highest BCUT2D eigenvalue weighted by Gasteiger charge is 2.19. The van der Waals surface area contributed by atoms with E-state index < -0.39 is 0 Å². The molecule has 1 saturated heterocycles. The van der Waals surface area contributed by atoms with E-state index in [0.29, 0.717) is 5.56 Å². The van der Waals surface area contributed by atoms with Gasteiger partial charge in [0.1, 0.15) is 0 Å². The molecule has 22 heavy (non-hydrogen) atoms. The van der Waals surface area contributed by atoms with Gasteiger partial charge in [0.05, 0.1) is 18.4 Å². The fourth-order valence-corrected chi connectivity index (χ4v) is 2.68. The Morgan fingerprint density at radius 1 is 1.41 bits per heavy atom. The van der Waals surface area contributed by atoms with E-state index in [9.17, 15) is 4.79 Å². The normalized spacial score (nSPS) is 16.1. The molecule has 1 aromatic heterocycles. The van der Waals surface area contributed by atoms with Crippen molar-refractivity contribution in [2.75, 3.05) is 33.3 Å². The maximum Gasteiger partial charge on any atom is 0.339 e. The molecule has 6 heteroatoms. The van der Waals surface area contributed by atoms with Crippen molar-refractivity contribution in [2.45, 2.75) is 26.3 Å². The van der Waals surface area contributed by atoms with Gasteiger partial charge in [-0.05, 0) is 57.1 Å². The zero-order valence-electron chi connectivity index (χ0n) is 13.4. The molecule has 1 aliphatic heterocycles. The number of piperidine rings is 1. The Hall–Kier alpha value is -1.17. The molecule has 1 aliphatic rings. The fourth-order valence-electron chi connectivity index (χ4n) is 2.68. The van der Waals surface area contributed by atoms with Crippen LogP contribution in [0.15, 0.2) is 18.3 Å². The molecule has 0 saturated carbocycles. The minimum atomic E-state index is -0.335. The number of halogens is 1. The zero-order valence-corrected chi connectivity index (χ0v) is 14.2. The minimum absolute atomic E-state index is 0. The van der Waals surface area contributed by atoms with Crippen LogP contribution in [0.1, 0.15) is 35.8 Å². The maximum atomic E-state index is 11.4. The van der Waals surface area contributed by atoms with E-state index in [0.717, 1.165) is 44.3 Å². The number of methoxy groups -OCH3 is 1. The lowest BCUT2D eigenvalue weighted by Gasteiger charge is -2.31. The molecule has 0 aliphatic carbocycles. The molecule has 0 bridgehead atoms. The van der Waals surface area contributed by atoms with Crippen LogP contribution in [0, 0.1) is 5.92 Å². The average Bonchev–Trinajstić information content (AvgIpc) is 2.54. The molecule has 0 unspecified atom stereocenters. The number of rotatable bonds is 6. The van der Waals surface area contributed by atoms with E-state index >= 15 is 0 Å². The Kier molecular flexibility index (Phi) is 8.38. The Balaban J connectivity index is 0.00000242. The molecule has 1 N–H and O–H groups in total. The first kappa shape index (κ1) is 18.9. The van der Waals surface area contributed by atoms with Gasteiger partial charge in [-0.3, -0.25) is 9.88 Å². The van der Waals surface area contributed by atoms with Crippen LogP contribution in [-0.4, -0.2) is 49.1 Å². The van der Waals surface area contributed by atoms with Gasteiger partial charge in [-0.1, -0.05) is 6.92 Å². The van der Waals surface area contributed by atoms with Crippen LogP contribution >= 0.6 is 12.4 Å². The van der Waals surface area contributed by atoms with E-state index in [-0.39, 0.29) is 18.4 Å². The fraction of sp³-hybridized carbons (Fsp3) is 0.625. The smallest absolute Gasteiger partial charge is 0.339 e. The minimum Gasteiger partial charge on any atom is -0.465 e. The number of hydrogen-bond donors (Lipinski definition) is 1. The summed E-state index contributed by atoms with van der Waals surface area (Å²) in [6, 6.07) is 3.70. The number of nitrogens with one attached hydrogen (secondary N) is 1. The van der Waals surface area contributed by atoms with E-state index in [1.54, 1.807) is 12.3 Å². The van der Waals surface area contributed by atoms with Crippen molar-refractivity contribution in [1.82, 2.24) is 15.2 Å². The summed E-state index contributed by atoms with van der Waals surface area (Å²) < 4.78 is 4.67. The average molecular weight is 328 g/mol. The molecular weight excluding hydrogens is 302 g/mol. The Bertz CT molecular complexity index is 445. The van der Waals surface area contributed by atoms with Crippen molar-refractivity contribution in [1.29, 1.82) is 0 Å². The number of pyridine rings is 1. The van der Waals surface area contributed by atoms with E-state index in [2.05, 4.69) is 26.9 Å². The van der Waals surface area contributed by atoms with Gasteiger partial charge in [-0.25, -0.2) is 4.79 Å². The maximum absolute atomic E-state index is 11.4. The monoisotopic (exact) mass is 327 g/mol. The van der Waals surface area contributed by atoms with Crippen LogP contribution in [-0.2, 0) is 11.3 Å². The second kappa shape index (κ2) is 9.77. The molecule has 5 nitrogen and oxygen atoms in total. The third-order valence-corrected chi connectivity index (χ3v) is 4.02. The number of esters is 1. The first-order valence-corrected chi connectivity index (χ1v) is 7.69. The molecule has 2 rings (SSSR count). The van der Waals surface area contributed by atoms with E-state index in [1.165, 1.54) is 20.0 Å². The van der Waals surface area contributed by atoms with Crippen LogP contribution in [0.3, 0.4) is 0 Å². The van der Waals surface area contributed by atoms with E-state index in [4.69, 9.17) is 0 Å². The molecule has 0 radical (unpaired) electrons. The molecule has 0 amide bonds. The topological polar surface area (TPSA) is 54.5 Å². The first-order valence-electron chi connectivity index (χ1n) is 7.69. The van der Waals surface area contributed by atoms with Gasteiger partial charge in [0.15, 0.2) is 0 Å². The van der Waals surface area contributed by atoms with Gasteiger partial charge < -0.3 is 10.1 Å². The van der Waals surface area contributed by atoms with Gasteiger partial charge in [0.25, 0.3) is 0 Å². The van der Waals surface area contributed by atoms with Crippen molar-refractivity contribution in [3.05, 3.63) is 29.6 Å². The standard InChI is InChI=1S/C16H25N3O2.ClH/c1-3-17-10-13-6-8-19(9-7-13)12-15-5-4-14(11-18-15)16(20)21-2;/h4-5,11,13,17H,3,6-10,12H2,1-2H3;1H. The van der Waals surface area contributed by atoms with Crippen LogP contribution in [0.4, 0.5) is 0 Å². The van der Waals surface area contributed by atoms with Gasteiger partial charge in [0, 0.05) is 12.7 Å². The summed E-state index contributed by atoms with van der Waals surface area (Å²) in [4.78, 5) is 18.1. The van der Waals surface area contributed by atoms with Crippen LogP contribution < -0.4 is 5.32 Å². The number of carbonyl (C=O) groups is 1. The zero-order chi connectivity index (χ0) is 15.1. The summed E-state index contributed by atoms with van der Waals surface area (Å²) >= 11 is 0. The van der Waals surface area contributed by atoms with E-state index in [1.807, 2.05) is 6.07 Å². The highest BCUT2D eigenvalue weighted by atomic mass is 35.5. The number of likely N-dealkylation sites (tertiary alicyclic amines) is 1. The highest BCUT2D eigenvalue weighted by molar-refractivity contribution is 5.88.